The van der Waals surface area contributed by atoms with Crippen molar-refractivity contribution >= 4 is 23.1 Å². The van der Waals surface area contributed by atoms with Crippen LogP contribution in [0.1, 0.15) is 28.5 Å². The normalized spacial score (nSPS) is 14.9. The maximum Gasteiger partial charge on any atom is 0.261 e. The van der Waals surface area contributed by atoms with Crippen molar-refractivity contribution in [3.63, 3.8) is 0 Å². The van der Waals surface area contributed by atoms with E-state index in [2.05, 4.69) is 20.3 Å². The van der Waals surface area contributed by atoms with Gasteiger partial charge in [-0.25, -0.2) is 9.50 Å². The molecule has 2 amide bonds. The third-order valence-corrected chi connectivity index (χ3v) is 5.19. The Morgan fingerprint density at radius 1 is 1.07 bits per heavy atom. The monoisotopic (exact) mass is 392 g/mol. The number of benzene rings is 1. The Hall–Kier alpha value is -3.26. The van der Waals surface area contributed by atoms with Crippen LogP contribution in [-0.2, 0) is 11.3 Å². The lowest BCUT2D eigenvalue weighted by molar-refractivity contribution is -0.130. The Bertz CT molecular complexity index is 1040. The minimum Gasteiger partial charge on any atom is -0.340 e. The van der Waals surface area contributed by atoms with Crippen molar-refractivity contribution in [1.82, 2.24) is 24.4 Å². The molecule has 0 unspecified atom stereocenters. The van der Waals surface area contributed by atoms with E-state index in [9.17, 15) is 9.59 Å². The number of amides is 2. The number of aryl methyl sites for hydroxylation is 1. The number of carbonyl (C=O) groups excluding carboxylic acids is 2. The predicted molar refractivity (Wildman–Crippen MR) is 110 cm³/mol. The summed E-state index contributed by atoms with van der Waals surface area (Å²) in [5.41, 5.74) is 3.73. The molecule has 3 aromatic rings. The largest absolute Gasteiger partial charge is 0.340 e. The van der Waals surface area contributed by atoms with E-state index in [-0.39, 0.29) is 11.8 Å². The summed E-state index contributed by atoms with van der Waals surface area (Å²) in [4.78, 5) is 32.7. The van der Waals surface area contributed by atoms with Gasteiger partial charge in [0.1, 0.15) is 5.56 Å². The molecule has 1 fully saturated rings. The Labute approximate surface area is 169 Å². The summed E-state index contributed by atoms with van der Waals surface area (Å²) in [6.07, 6.45) is 3.33. The van der Waals surface area contributed by atoms with Crippen LogP contribution in [0.25, 0.3) is 5.65 Å². The van der Waals surface area contributed by atoms with Crippen molar-refractivity contribution in [3.05, 3.63) is 59.5 Å². The maximum absolute atomic E-state index is 12.6. The maximum atomic E-state index is 12.6. The molecule has 8 nitrogen and oxygen atoms in total. The van der Waals surface area contributed by atoms with E-state index >= 15 is 0 Å². The van der Waals surface area contributed by atoms with Crippen LogP contribution in [0, 0.1) is 6.92 Å². The summed E-state index contributed by atoms with van der Waals surface area (Å²) < 4.78 is 1.59. The van der Waals surface area contributed by atoms with Gasteiger partial charge in [0.05, 0.1) is 6.20 Å². The first-order valence-corrected chi connectivity index (χ1v) is 9.69. The van der Waals surface area contributed by atoms with E-state index in [0.717, 1.165) is 44.1 Å². The summed E-state index contributed by atoms with van der Waals surface area (Å²) in [5.74, 6) is -0.0903. The molecule has 1 saturated heterocycles. The number of hydrogen-bond donors (Lipinski definition) is 1. The third-order valence-electron chi connectivity index (χ3n) is 5.19. The van der Waals surface area contributed by atoms with Gasteiger partial charge in [-0.15, -0.1) is 0 Å². The van der Waals surface area contributed by atoms with E-state index in [4.69, 9.17) is 0 Å². The molecule has 0 saturated carbocycles. The number of piperazine rings is 1. The van der Waals surface area contributed by atoms with Gasteiger partial charge in [-0.3, -0.25) is 14.5 Å². The number of carbonyl (C=O) groups is 2. The highest BCUT2D eigenvalue weighted by Gasteiger charge is 2.18. The summed E-state index contributed by atoms with van der Waals surface area (Å²) in [5, 5.41) is 7.10. The number of fused-ring (bicyclic) bond motifs is 1. The second-order valence-electron chi connectivity index (χ2n) is 7.33. The van der Waals surface area contributed by atoms with Crippen LogP contribution >= 0.6 is 0 Å². The molecule has 3 heterocycles. The first-order valence-electron chi connectivity index (χ1n) is 9.69. The smallest absolute Gasteiger partial charge is 0.261 e. The van der Waals surface area contributed by atoms with Crippen molar-refractivity contribution < 1.29 is 9.59 Å². The minimum atomic E-state index is -0.230. The van der Waals surface area contributed by atoms with E-state index in [1.54, 1.807) is 17.6 Å². The van der Waals surface area contributed by atoms with Gasteiger partial charge in [0.25, 0.3) is 5.91 Å². The van der Waals surface area contributed by atoms with Gasteiger partial charge < -0.3 is 10.2 Å². The first kappa shape index (κ1) is 19.1. The van der Waals surface area contributed by atoms with Crippen LogP contribution in [0.4, 0.5) is 5.69 Å². The summed E-state index contributed by atoms with van der Waals surface area (Å²) in [6.45, 7) is 7.63. The quantitative estimate of drug-likeness (QED) is 0.734. The van der Waals surface area contributed by atoms with Gasteiger partial charge in [-0.1, -0.05) is 12.1 Å². The molecular formula is C21H24N6O2. The standard InChI is InChI=1S/C21H24N6O2/c1-15-7-8-27-20(23-15)19(13-22-27)21(29)24-18-5-3-17(4-6-18)14-25-9-11-26(12-10-25)16(2)28/h3-8,13H,9-12,14H2,1-2H3,(H,24,29). The summed E-state index contributed by atoms with van der Waals surface area (Å²) in [6, 6.07) is 9.70. The zero-order chi connectivity index (χ0) is 20.4. The van der Waals surface area contributed by atoms with Gasteiger partial charge in [-0.05, 0) is 30.7 Å². The van der Waals surface area contributed by atoms with Crippen molar-refractivity contribution in [1.29, 1.82) is 0 Å². The Morgan fingerprint density at radius 3 is 2.48 bits per heavy atom. The topological polar surface area (TPSA) is 82.8 Å². The lowest BCUT2D eigenvalue weighted by Gasteiger charge is -2.34. The number of nitrogens with one attached hydrogen (secondary N) is 1. The molecule has 0 atom stereocenters. The van der Waals surface area contributed by atoms with Gasteiger partial charge in [0.15, 0.2) is 5.65 Å². The fraction of sp³-hybridized carbons (Fsp3) is 0.333. The number of nitrogens with zero attached hydrogens (tertiary/aromatic N) is 5. The lowest BCUT2D eigenvalue weighted by Crippen LogP contribution is -2.47. The molecule has 8 heteroatoms. The highest BCUT2D eigenvalue weighted by molar-refractivity contribution is 6.08. The molecule has 4 rings (SSSR count). The predicted octanol–water partition coefficient (Wildman–Crippen LogP) is 1.95. The van der Waals surface area contributed by atoms with E-state index < -0.39 is 0 Å². The highest BCUT2D eigenvalue weighted by atomic mass is 16.2. The summed E-state index contributed by atoms with van der Waals surface area (Å²) >= 11 is 0. The van der Waals surface area contributed by atoms with E-state index in [1.165, 1.54) is 11.8 Å². The highest BCUT2D eigenvalue weighted by Crippen LogP contribution is 2.16. The van der Waals surface area contributed by atoms with Crippen LogP contribution in [0.5, 0.6) is 0 Å². The van der Waals surface area contributed by atoms with Crippen LogP contribution in [0.2, 0.25) is 0 Å². The zero-order valence-corrected chi connectivity index (χ0v) is 16.6. The van der Waals surface area contributed by atoms with Crippen molar-refractivity contribution in [3.8, 4) is 0 Å². The molecule has 1 aromatic carbocycles. The zero-order valence-electron chi connectivity index (χ0n) is 16.6. The lowest BCUT2D eigenvalue weighted by atomic mass is 10.1. The molecule has 0 bridgehead atoms. The number of hydrogen-bond acceptors (Lipinski definition) is 5. The fourth-order valence-corrected chi connectivity index (χ4v) is 3.49. The molecule has 29 heavy (non-hydrogen) atoms. The molecule has 2 aromatic heterocycles. The number of aromatic nitrogens is 3. The van der Waals surface area contributed by atoms with Gasteiger partial charge in [0.2, 0.25) is 5.91 Å². The van der Waals surface area contributed by atoms with Gasteiger partial charge >= 0.3 is 0 Å². The average molecular weight is 392 g/mol. The molecule has 0 aliphatic carbocycles. The second kappa shape index (κ2) is 8.00. The van der Waals surface area contributed by atoms with Crippen molar-refractivity contribution in [2.45, 2.75) is 20.4 Å². The molecule has 0 spiro atoms. The molecule has 1 aliphatic rings. The van der Waals surface area contributed by atoms with Crippen LogP contribution < -0.4 is 5.32 Å². The second-order valence-corrected chi connectivity index (χ2v) is 7.33. The number of rotatable bonds is 4. The molecular weight excluding hydrogens is 368 g/mol. The first-order chi connectivity index (χ1) is 14.0. The van der Waals surface area contributed by atoms with E-state index in [0.29, 0.717) is 11.2 Å². The summed E-state index contributed by atoms with van der Waals surface area (Å²) in [7, 11) is 0. The molecule has 150 valence electrons. The fourth-order valence-electron chi connectivity index (χ4n) is 3.49. The van der Waals surface area contributed by atoms with Gasteiger partial charge in [0, 0.05) is 57.2 Å². The molecule has 0 radical (unpaired) electrons. The van der Waals surface area contributed by atoms with Crippen LogP contribution in [0.15, 0.2) is 42.7 Å². The van der Waals surface area contributed by atoms with Crippen molar-refractivity contribution in [2.24, 2.45) is 0 Å². The van der Waals surface area contributed by atoms with Crippen LogP contribution in [0.3, 0.4) is 0 Å². The number of anilines is 1. The van der Waals surface area contributed by atoms with Gasteiger partial charge in [-0.2, -0.15) is 5.10 Å². The Balaban J connectivity index is 1.37. The third kappa shape index (κ3) is 4.27. The Kier molecular flexibility index (Phi) is 5.26. The molecule has 1 N–H and O–H groups in total. The Morgan fingerprint density at radius 2 is 1.79 bits per heavy atom. The minimum absolute atomic E-state index is 0.140. The van der Waals surface area contributed by atoms with Crippen molar-refractivity contribution in [2.75, 3.05) is 31.5 Å². The average Bonchev–Trinajstić information content (AvgIpc) is 3.13. The SMILES string of the molecule is CC(=O)N1CCN(Cc2ccc(NC(=O)c3cnn4ccc(C)nc34)cc2)CC1. The molecule has 1 aliphatic heterocycles. The van der Waals surface area contributed by atoms with E-state index in [1.807, 2.05) is 42.2 Å². The van der Waals surface area contributed by atoms with Crippen LogP contribution in [-0.4, -0.2) is 62.4 Å².